The minimum Gasteiger partial charge on any atom is -0.480 e. The van der Waals surface area contributed by atoms with Crippen molar-refractivity contribution in [2.24, 2.45) is 0 Å². The fourth-order valence-electron chi connectivity index (χ4n) is 1.90. The highest BCUT2D eigenvalue weighted by molar-refractivity contribution is 5.93. The zero-order chi connectivity index (χ0) is 17.6. The van der Waals surface area contributed by atoms with Gasteiger partial charge in [-0.05, 0) is 25.5 Å². The molecule has 0 aliphatic rings. The molecule has 0 saturated carbocycles. The van der Waals surface area contributed by atoms with E-state index < -0.39 is 35.7 Å². The van der Waals surface area contributed by atoms with E-state index in [-0.39, 0.29) is 12.1 Å². The van der Waals surface area contributed by atoms with Crippen molar-refractivity contribution in [2.45, 2.75) is 38.8 Å². The number of hydrogen-bond donors (Lipinski definition) is 3. The zero-order valence-corrected chi connectivity index (χ0v) is 12.5. The smallest absolute Gasteiger partial charge is 0.387 e. The first kappa shape index (κ1) is 18.6. The maximum Gasteiger partial charge on any atom is 0.387 e. The van der Waals surface area contributed by atoms with Gasteiger partial charge in [-0.25, -0.2) is 14.0 Å². The van der Waals surface area contributed by atoms with E-state index in [1.807, 2.05) is 0 Å². The molecular weight excluding hydrogens is 317 g/mol. The minimum absolute atomic E-state index is 0.180. The molecule has 1 atom stereocenters. The molecule has 6 nitrogen and oxygen atoms in total. The van der Waals surface area contributed by atoms with Crippen LogP contribution < -0.4 is 15.4 Å². The largest absolute Gasteiger partial charge is 0.480 e. The number of halogens is 3. The van der Waals surface area contributed by atoms with Crippen LogP contribution in [0.4, 0.5) is 23.7 Å². The normalized spacial score (nSPS) is 13.3. The van der Waals surface area contributed by atoms with Crippen molar-refractivity contribution in [1.82, 2.24) is 5.32 Å². The molecular formula is C14H17F3N2O4. The molecule has 9 heteroatoms. The Morgan fingerprint density at radius 1 is 1.39 bits per heavy atom. The van der Waals surface area contributed by atoms with Crippen LogP contribution >= 0.6 is 0 Å². The van der Waals surface area contributed by atoms with E-state index in [2.05, 4.69) is 15.4 Å². The number of aliphatic carboxylic acids is 1. The summed E-state index contributed by atoms with van der Waals surface area (Å²) in [6.45, 7) is -0.0156. The quantitative estimate of drug-likeness (QED) is 0.714. The van der Waals surface area contributed by atoms with Gasteiger partial charge >= 0.3 is 18.6 Å². The summed E-state index contributed by atoms with van der Waals surface area (Å²) in [7, 11) is 0. The summed E-state index contributed by atoms with van der Waals surface area (Å²) >= 11 is 0. The highest BCUT2D eigenvalue weighted by Gasteiger charge is 2.33. The summed E-state index contributed by atoms with van der Waals surface area (Å²) in [5.74, 6) is -2.62. The minimum atomic E-state index is -3.10. The molecule has 0 aliphatic carbocycles. The lowest BCUT2D eigenvalue weighted by Crippen LogP contribution is -2.53. The Kier molecular flexibility index (Phi) is 6.23. The second-order valence-electron chi connectivity index (χ2n) is 4.99. The SMILES string of the molecule is CCCC(C)(NC(=O)Nc1ccc(OC(F)F)cc1F)C(=O)O. The van der Waals surface area contributed by atoms with Crippen molar-refractivity contribution in [3.05, 3.63) is 24.0 Å². The number of anilines is 1. The summed E-state index contributed by atoms with van der Waals surface area (Å²) in [6.07, 6.45) is 0.691. The van der Waals surface area contributed by atoms with E-state index in [1.165, 1.54) is 6.92 Å². The van der Waals surface area contributed by atoms with Crippen LogP contribution in [0.2, 0.25) is 0 Å². The molecule has 0 fully saturated rings. The van der Waals surface area contributed by atoms with Crippen molar-refractivity contribution < 1.29 is 32.6 Å². The molecule has 1 unspecified atom stereocenters. The Hall–Kier alpha value is -2.45. The van der Waals surface area contributed by atoms with Crippen LogP contribution in [-0.4, -0.2) is 29.3 Å². The monoisotopic (exact) mass is 334 g/mol. The molecule has 2 amide bonds. The molecule has 0 aliphatic heterocycles. The predicted octanol–water partition coefficient (Wildman–Crippen LogP) is 3.19. The molecule has 3 N–H and O–H groups in total. The number of nitrogens with one attached hydrogen (secondary N) is 2. The van der Waals surface area contributed by atoms with Crippen LogP contribution in [0.5, 0.6) is 5.75 Å². The van der Waals surface area contributed by atoms with Gasteiger partial charge in [0.2, 0.25) is 0 Å². The molecule has 23 heavy (non-hydrogen) atoms. The number of ether oxygens (including phenoxy) is 1. The Morgan fingerprint density at radius 2 is 2.04 bits per heavy atom. The van der Waals surface area contributed by atoms with Crippen molar-refractivity contribution in [2.75, 3.05) is 5.32 Å². The molecule has 0 heterocycles. The predicted molar refractivity (Wildman–Crippen MR) is 76.1 cm³/mol. The number of carbonyl (C=O) groups excluding carboxylic acids is 1. The van der Waals surface area contributed by atoms with Crippen LogP contribution in [0.25, 0.3) is 0 Å². The van der Waals surface area contributed by atoms with Gasteiger partial charge in [-0.3, -0.25) is 0 Å². The lowest BCUT2D eigenvalue weighted by molar-refractivity contribution is -0.143. The van der Waals surface area contributed by atoms with Gasteiger partial charge in [-0.1, -0.05) is 13.3 Å². The fourth-order valence-corrected chi connectivity index (χ4v) is 1.90. The number of carboxylic acids is 1. The Morgan fingerprint density at radius 3 is 2.52 bits per heavy atom. The van der Waals surface area contributed by atoms with Crippen LogP contribution in [0.15, 0.2) is 18.2 Å². The molecule has 0 radical (unpaired) electrons. The fraction of sp³-hybridized carbons (Fsp3) is 0.429. The number of hydrogen-bond acceptors (Lipinski definition) is 3. The summed E-state index contributed by atoms with van der Waals surface area (Å²) < 4.78 is 41.8. The second-order valence-corrected chi connectivity index (χ2v) is 4.99. The number of rotatable bonds is 7. The van der Waals surface area contributed by atoms with Crippen molar-refractivity contribution in [1.29, 1.82) is 0 Å². The van der Waals surface area contributed by atoms with E-state index in [4.69, 9.17) is 5.11 Å². The summed E-state index contributed by atoms with van der Waals surface area (Å²) in [6, 6.07) is 1.84. The van der Waals surface area contributed by atoms with E-state index >= 15 is 0 Å². The molecule has 128 valence electrons. The Labute approximate surface area is 130 Å². The third-order valence-electron chi connectivity index (χ3n) is 3.03. The highest BCUT2D eigenvalue weighted by Crippen LogP contribution is 2.22. The number of carbonyl (C=O) groups is 2. The summed E-state index contributed by atoms with van der Waals surface area (Å²) in [4.78, 5) is 23.0. The van der Waals surface area contributed by atoms with E-state index in [0.29, 0.717) is 12.5 Å². The third kappa shape index (κ3) is 5.35. The van der Waals surface area contributed by atoms with Gasteiger partial charge in [0, 0.05) is 6.07 Å². The van der Waals surface area contributed by atoms with Gasteiger partial charge in [0.15, 0.2) is 0 Å². The van der Waals surface area contributed by atoms with Crippen LogP contribution in [-0.2, 0) is 4.79 Å². The molecule has 0 aromatic heterocycles. The van der Waals surface area contributed by atoms with Crippen molar-refractivity contribution in [3.63, 3.8) is 0 Å². The van der Waals surface area contributed by atoms with Gasteiger partial charge < -0.3 is 20.5 Å². The maximum absolute atomic E-state index is 13.7. The van der Waals surface area contributed by atoms with Crippen molar-refractivity contribution in [3.8, 4) is 5.75 Å². The first-order chi connectivity index (χ1) is 10.7. The van der Waals surface area contributed by atoms with E-state index in [9.17, 15) is 22.8 Å². The number of urea groups is 1. The zero-order valence-electron chi connectivity index (χ0n) is 12.5. The maximum atomic E-state index is 13.7. The highest BCUT2D eigenvalue weighted by atomic mass is 19.3. The number of amides is 2. The molecule has 0 spiro atoms. The number of alkyl halides is 2. The molecule has 1 rings (SSSR count). The van der Waals surface area contributed by atoms with Gasteiger partial charge in [0.1, 0.15) is 17.1 Å². The van der Waals surface area contributed by atoms with Gasteiger partial charge in [0.05, 0.1) is 5.69 Å². The summed E-state index contributed by atoms with van der Waals surface area (Å²) in [5, 5.41) is 13.5. The van der Waals surface area contributed by atoms with Gasteiger partial charge in [-0.15, -0.1) is 0 Å². The van der Waals surface area contributed by atoms with Crippen LogP contribution in [0.1, 0.15) is 26.7 Å². The van der Waals surface area contributed by atoms with E-state index in [1.54, 1.807) is 6.92 Å². The standard InChI is InChI=1S/C14H17F3N2O4/c1-3-6-14(2,11(20)21)19-13(22)18-10-5-4-8(7-9(10)15)23-12(16)17/h4-5,7,12H,3,6H2,1-2H3,(H,20,21)(H2,18,19,22). The Balaban J connectivity index is 2.79. The summed E-state index contributed by atoms with van der Waals surface area (Å²) in [5.41, 5.74) is -1.80. The Bertz CT molecular complexity index is 583. The molecule has 0 bridgehead atoms. The van der Waals surface area contributed by atoms with Crippen molar-refractivity contribution >= 4 is 17.7 Å². The average Bonchev–Trinajstić information content (AvgIpc) is 2.41. The topological polar surface area (TPSA) is 87.7 Å². The second kappa shape index (κ2) is 7.70. The average molecular weight is 334 g/mol. The van der Waals surface area contributed by atoms with Gasteiger partial charge in [0.25, 0.3) is 0 Å². The number of benzene rings is 1. The molecule has 1 aromatic rings. The first-order valence-corrected chi connectivity index (χ1v) is 6.75. The first-order valence-electron chi connectivity index (χ1n) is 6.75. The van der Waals surface area contributed by atoms with Crippen LogP contribution in [0.3, 0.4) is 0 Å². The van der Waals surface area contributed by atoms with Gasteiger partial charge in [-0.2, -0.15) is 8.78 Å². The van der Waals surface area contributed by atoms with E-state index in [0.717, 1.165) is 12.1 Å². The lowest BCUT2D eigenvalue weighted by atomic mass is 9.97. The third-order valence-corrected chi connectivity index (χ3v) is 3.03. The molecule has 1 aromatic carbocycles. The van der Waals surface area contributed by atoms with Crippen LogP contribution in [0, 0.1) is 5.82 Å². The molecule has 0 saturated heterocycles. The number of carboxylic acid groups (broad SMARTS) is 1. The lowest BCUT2D eigenvalue weighted by Gasteiger charge is -2.25.